The lowest BCUT2D eigenvalue weighted by Crippen LogP contribution is -2.12. The van der Waals surface area contributed by atoms with E-state index in [0.29, 0.717) is 11.8 Å². The van der Waals surface area contributed by atoms with E-state index in [4.69, 9.17) is 4.74 Å². The largest absolute Gasteiger partial charge is 0.481 e. The molecule has 0 aliphatic rings. The Kier molecular flexibility index (Phi) is 5.76. The number of hydrogen-bond acceptors (Lipinski definition) is 3. The number of pyridine rings is 1. The first-order valence-corrected chi connectivity index (χ1v) is 7.45. The lowest BCUT2D eigenvalue weighted by Gasteiger charge is -2.08. The lowest BCUT2D eigenvalue weighted by atomic mass is 10.0. The van der Waals surface area contributed by atoms with Crippen molar-refractivity contribution in [2.45, 2.75) is 33.4 Å². The number of methoxy groups -OCH3 is 1. The first-order chi connectivity index (χ1) is 10.2. The van der Waals surface area contributed by atoms with E-state index in [-0.39, 0.29) is 0 Å². The molecule has 0 fully saturated rings. The summed E-state index contributed by atoms with van der Waals surface area (Å²) in [5.41, 5.74) is 3.88. The molecular formula is C18H24N2O. The third kappa shape index (κ3) is 5.20. The lowest BCUT2D eigenvalue weighted by molar-refractivity contribution is 0.397. The zero-order chi connectivity index (χ0) is 15.1. The van der Waals surface area contributed by atoms with Crippen LogP contribution in [0.1, 0.15) is 30.5 Å². The summed E-state index contributed by atoms with van der Waals surface area (Å²) in [5.74, 6) is 1.36. The van der Waals surface area contributed by atoms with Crippen molar-refractivity contribution < 1.29 is 4.74 Å². The van der Waals surface area contributed by atoms with Crippen molar-refractivity contribution in [3.8, 4) is 5.88 Å². The molecule has 1 aromatic carbocycles. The Balaban J connectivity index is 1.79. The summed E-state index contributed by atoms with van der Waals surface area (Å²) >= 11 is 0. The fraction of sp³-hybridized carbons (Fsp3) is 0.389. The van der Waals surface area contributed by atoms with Crippen molar-refractivity contribution >= 4 is 0 Å². The number of nitrogens with one attached hydrogen (secondary N) is 1. The van der Waals surface area contributed by atoms with Gasteiger partial charge in [-0.15, -0.1) is 0 Å². The van der Waals surface area contributed by atoms with Gasteiger partial charge >= 0.3 is 0 Å². The normalized spacial score (nSPS) is 10.9. The van der Waals surface area contributed by atoms with Gasteiger partial charge in [0.2, 0.25) is 5.88 Å². The minimum absolute atomic E-state index is 0.652. The highest BCUT2D eigenvalue weighted by Gasteiger charge is 1.99. The Labute approximate surface area is 127 Å². The van der Waals surface area contributed by atoms with Crippen LogP contribution in [0.25, 0.3) is 0 Å². The van der Waals surface area contributed by atoms with Crippen molar-refractivity contribution in [3.63, 3.8) is 0 Å². The second-order valence-electron chi connectivity index (χ2n) is 5.73. The summed E-state index contributed by atoms with van der Waals surface area (Å²) in [7, 11) is 1.63. The second kappa shape index (κ2) is 7.79. The van der Waals surface area contributed by atoms with Crippen molar-refractivity contribution in [1.29, 1.82) is 0 Å². The zero-order valence-electron chi connectivity index (χ0n) is 13.1. The number of ether oxygens (including phenoxy) is 1. The molecule has 1 N–H and O–H groups in total. The SMILES string of the molecule is COc1ccc(CNCc2ccc(CC(C)C)cc2)cn1. The van der Waals surface area contributed by atoms with Gasteiger partial charge in [0.1, 0.15) is 0 Å². The van der Waals surface area contributed by atoms with Crippen LogP contribution in [-0.4, -0.2) is 12.1 Å². The van der Waals surface area contributed by atoms with Crippen molar-refractivity contribution in [1.82, 2.24) is 10.3 Å². The highest BCUT2D eigenvalue weighted by molar-refractivity contribution is 5.23. The molecule has 0 saturated carbocycles. The maximum atomic E-state index is 5.05. The maximum absolute atomic E-state index is 5.05. The van der Waals surface area contributed by atoms with E-state index in [0.717, 1.165) is 25.1 Å². The van der Waals surface area contributed by atoms with Crippen LogP contribution >= 0.6 is 0 Å². The Morgan fingerprint density at radius 1 is 0.952 bits per heavy atom. The molecule has 1 heterocycles. The first kappa shape index (κ1) is 15.5. The zero-order valence-corrected chi connectivity index (χ0v) is 13.1. The highest BCUT2D eigenvalue weighted by Crippen LogP contribution is 2.10. The van der Waals surface area contributed by atoms with Crippen molar-refractivity contribution in [2.24, 2.45) is 5.92 Å². The van der Waals surface area contributed by atoms with Gasteiger partial charge in [0, 0.05) is 25.4 Å². The third-order valence-corrected chi connectivity index (χ3v) is 3.33. The molecule has 0 bridgehead atoms. The topological polar surface area (TPSA) is 34.1 Å². The summed E-state index contributed by atoms with van der Waals surface area (Å²) in [6, 6.07) is 12.8. The molecule has 112 valence electrons. The van der Waals surface area contributed by atoms with E-state index in [2.05, 4.69) is 48.4 Å². The first-order valence-electron chi connectivity index (χ1n) is 7.45. The van der Waals surface area contributed by atoms with Crippen molar-refractivity contribution in [3.05, 3.63) is 59.3 Å². The van der Waals surface area contributed by atoms with E-state index in [1.165, 1.54) is 11.1 Å². The molecular weight excluding hydrogens is 260 g/mol. The Bertz CT molecular complexity index is 532. The highest BCUT2D eigenvalue weighted by atomic mass is 16.5. The van der Waals surface area contributed by atoms with Gasteiger partial charge in [-0.2, -0.15) is 0 Å². The maximum Gasteiger partial charge on any atom is 0.212 e. The second-order valence-corrected chi connectivity index (χ2v) is 5.73. The smallest absolute Gasteiger partial charge is 0.212 e. The van der Waals surface area contributed by atoms with Crippen molar-refractivity contribution in [2.75, 3.05) is 7.11 Å². The molecule has 0 atom stereocenters. The number of rotatable bonds is 7. The van der Waals surface area contributed by atoms with E-state index in [9.17, 15) is 0 Å². The number of benzene rings is 1. The van der Waals surface area contributed by atoms with Gasteiger partial charge in [-0.1, -0.05) is 44.2 Å². The number of aromatic nitrogens is 1. The number of hydrogen-bond donors (Lipinski definition) is 1. The summed E-state index contributed by atoms with van der Waals surface area (Å²) in [6.45, 7) is 6.18. The standard InChI is InChI=1S/C18H24N2O/c1-14(2)10-15-4-6-16(7-5-15)11-19-12-17-8-9-18(21-3)20-13-17/h4-9,13-14,19H,10-12H2,1-3H3. The summed E-state index contributed by atoms with van der Waals surface area (Å²) in [6.07, 6.45) is 2.99. The van der Waals surface area contributed by atoms with Crippen LogP contribution in [-0.2, 0) is 19.5 Å². The summed E-state index contributed by atoms with van der Waals surface area (Å²) < 4.78 is 5.05. The fourth-order valence-corrected chi connectivity index (χ4v) is 2.25. The average Bonchev–Trinajstić information content (AvgIpc) is 2.49. The molecule has 0 aliphatic heterocycles. The number of nitrogens with zero attached hydrogens (tertiary/aromatic N) is 1. The van der Waals surface area contributed by atoms with E-state index in [1.807, 2.05) is 18.3 Å². The predicted octanol–water partition coefficient (Wildman–Crippen LogP) is 3.58. The summed E-state index contributed by atoms with van der Waals surface area (Å²) in [4.78, 5) is 4.20. The molecule has 21 heavy (non-hydrogen) atoms. The van der Waals surface area contributed by atoms with Gasteiger partial charge in [0.05, 0.1) is 7.11 Å². The van der Waals surface area contributed by atoms with Gasteiger partial charge < -0.3 is 10.1 Å². The fourth-order valence-electron chi connectivity index (χ4n) is 2.25. The van der Waals surface area contributed by atoms with Crippen LogP contribution in [0.2, 0.25) is 0 Å². The van der Waals surface area contributed by atoms with Crippen LogP contribution in [0, 0.1) is 5.92 Å². The van der Waals surface area contributed by atoms with E-state index >= 15 is 0 Å². The molecule has 2 rings (SSSR count). The molecule has 0 unspecified atom stereocenters. The van der Waals surface area contributed by atoms with Gasteiger partial charge in [-0.3, -0.25) is 0 Å². The molecule has 0 radical (unpaired) electrons. The molecule has 0 saturated heterocycles. The minimum atomic E-state index is 0.652. The third-order valence-electron chi connectivity index (χ3n) is 3.33. The van der Waals surface area contributed by atoms with Crippen LogP contribution in [0.15, 0.2) is 42.6 Å². The molecule has 3 heteroatoms. The van der Waals surface area contributed by atoms with Crippen LogP contribution in [0.5, 0.6) is 5.88 Å². The Hall–Kier alpha value is -1.87. The molecule has 1 aromatic heterocycles. The molecule has 0 spiro atoms. The van der Waals surface area contributed by atoms with Gasteiger partial charge in [-0.25, -0.2) is 4.98 Å². The van der Waals surface area contributed by atoms with Gasteiger partial charge in [0.15, 0.2) is 0 Å². The predicted molar refractivity (Wildman–Crippen MR) is 86.3 cm³/mol. The minimum Gasteiger partial charge on any atom is -0.481 e. The molecule has 3 nitrogen and oxygen atoms in total. The Morgan fingerprint density at radius 3 is 2.14 bits per heavy atom. The van der Waals surface area contributed by atoms with E-state index < -0.39 is 0 Å². The van der Waals surface area contributed by atoms with Crippen LogP contribution in [0.4, 0.5) is 0 Å². The molecule has 0 aliphatic carbocycles. The quantitative estimate of drug-likeness (QED) is 0.844. The Morgan fingerprint density at radius 2 is 1.57 bits per heavy atom. The molecule has 0 amide bonds. The van der Waals surface area contributed by atoms with Gasteiger partial charge in [0.25, 0.3) is 0 Å². The van der Waals surface area contributed by atoms with E-state index in [1.54, 1.807) is 7.11 Å². The molecule has 2 aromatic rings. The summed E-state index contributed by atoms with van der Waals surface area (Å²) in [5, 5.41) is 3.43. The monoisotopic (exact) mass is 284 g/mol. The average molecular weight is 284 g/mol. The van der Waals surface area contributed by atoms with Gasteiger partial charge in [-0.05, 0) is 29.0 Å². The van der Waals surface area contributed by atoms with Crippen LogP contribution in [0.3, 0.4) is 0 Å². The van der Waals surface area contributed by atoms with Crippen LogP contribution < -0.4 is 10.1 Å².